The molecule has 0 spiro atoms. The zero-order valence-electron chi connectivity index (χ0n) is 12.8. The summed E-state index contributed by atoms with van der Waals surface area (Å²) in [6, 6.07) is 18.5. The minimum atomic E-state index is 0.914. The molecule has 0 bridgehead atoms. The summed E-state index contributed by atoms with van der Waals surface area (Å²) >= 11 is 0. The normalized spacial score (nSPS) is 9.81. The van der Waals surface area contributed by atoms with Crippen molar-refractivity contribution in [1.29, 1.82) is 0 Å². The highest BCUT2D eigenvalue weighted by Crippen LogP contribution is 2.28. The molecular formula is C20H22O. The molecule has 0 saturated heterocycles. The van der Waals surface area contributed by atoms with E-state index in [9.17, 15) is 0 Å². The van der Waals surface area contributed by atoms with E-state index in [-0.39, 0.29) is 0 Å². The van der Waals surface area contributed by atoms with Gasteiger partial charge in [-0.05, 0) is 30.5 Å². The summed E-state index contributed by atoms with van der Waals surface area (Å²) < 4.78 is 5.48. The molecule has 2 aromatic carbocycles. The third-order valence-electron chi connectivity index (χ3n) is 3.43. The molecule has 0 aliphatic heterocycles. The van der Waals surface area contributed by atoms with Crippen LogP contribution in [-0.2, 0) is 0 Å². The minimum Gasteiger partial charge on any atom is -0.496 e. The standard InChI is InChI=1S/C20H22O/c1-3-4-12-18(16-15-17-10-6-5-7-11-17)19-13-8-9-14-20(19)21-2/h5-11,13-15H,3-4,12H2,1-2H3. The van der Waals surface area contributed by atoms with Gasteiger partial charge in [0.1, 0.15) is 5.75 Å². The van der Waals surface area contributed by atoms with Gasteiger partial charge in [-0.3, -0.25) is 0 Å². The Morgan fingerprint density at radius 1 is 1.05 bits per heavy atom. The second kappa shape index (κ2) is 8.14. The third-order valence-corrected chi connectivity index (χ3v) is 3.43. The van der Waals surface area contributed by atoms with Crippen molar-refractivity contribution < 1.29 is 4.74 Å². The van der Waals surface area contributed by atoms with Crippen LogP contribution in [0.4, 0.5) is 0 Å². The number of rotatable bonds is 6. The Bertz CT molecular complexity index is 619. The van der Waals surface area contributed by atoms with Crippen LogP contribution in [0.15, 0.2) is 60.3 Å². The molecule has 1 nitrogen and oxygen atoms in total. The summed E-state index contributed by atoms with van der Waals surface area (Å²) in [7, 11) is 1.72. The lowest BCUT2D eigenvalue weighted by atomic mass is 9.99. The van der Waals surface area contributed by atoms with Crippen molar-refractivity contribution in [3.8, 4) is 5.75 Å². The van der Waals surface area contributed by atoms with E-state index in [0.29, 0.717) is 0 Å². The molecule has 2 rings (SSSR count). The lowest BCUT2D eigenvalue weighted by Gasteiger charge is -2.10. The predicted octanol–water partition coefficient (Wildman–Crippen LogP) is 5.58. The Hall–Kier alpha value is -2.24. The number of allylic oxidation sites excluding steroid dienone is 1. The molecule has 0 aliphatic carbocycles. The summed E-state index contributed by atoms with van der Waals surface area (Å²) in [6.45, 7) is 2.21. The fraction of sp³-hybridized carbons (Fsp3) is 0.250. The largest absolute Gasteiger partial charge is 0.496 e. The molecule has 108 valence electrons. The van der Waals surface area contributed by atoms with Gasteiger partial charge in [0, 0.05) is 11.1 Å². The first-order valence-electron chi connectivity index (χ1n) is 7.49. The van der Waals surface area contributed by atoms with Gasteiger partial charge in [-0.15, -0.1) is 5.73 Å². The van der Waals surface area contributed by atoms with E-state index >= 15 is 0 Å². The van der Waals surface area contributed by atoms with Crippen molar-refractivity contribution >= 4 is 11.6 Å². The Morgan fingerprint density at radius 3 is 2.48 bits per heavy atom. The van der Waals surface area contributed by atoms with Crippen LogP contribution in [0.5, 0.6) is 5.75 Å². The second-order valence-electron chi connectivity index (χ2n) is 4.98. The molecule has 0 radical (unpaired) electrons. The fourth-order valence-corrected chi connectivity index (χ4v) is 2.25. The molecule has 0 saturated carbocycles. The molecule has 0 fully saturated rings. The Kier molecular flexibility index (Phi) is 5.87. The van der Waals surface area contributed by atoms with Crippen molar-refractivity contribution in [2.45, 2.75) is 26.2 Å². The van der Waals surface area contributed by atoms with E-state index in [2.05, 4.69) is 36.9 Å². The van der Waals surface area contributed by atoms with Crippen LogP contribution in [0.3, 0.4) is 0 Å². The van der Waals surface area contributed by atoms with E-state index < -0.39 is 0 Å². The van der Waals surface area contributed by atoms with Crippen LogP contribution in [0.2, 0.25) is 0 Å². The molecule has 21 heavy (non-hydrogen) atoms. The summed E-state index contributed by atoms with van der Waals surface area (Å²) in [5, 5.41) is 0. The monoisotopic (exact) mass is 278 g/mol. The molecule has 0 heterocycles. The predicted molar refractivity (Wildman–Crippen MR) is 90.3 cm³/mol. The first-order valence-corrected chi connectivity index (χ1v) is 7.49. The average Bonchev–Trinajstić information content (AvgIpc) is 2.56. The number of hydrogen-bond donors (Lipinski definition) is 0. The van der Waals surface area contributed by atoms with E-state index in [1.54, 1.807) is 7.11 Å². The molecule has 0 N–H and O–H groups in total. The van der Waals surface area contributed by atoms with Crippen LogP contribution in [0, 0.1) is 0 Å². The van der Waals surface area contributed by atoms with Gasteiger partial charge in [-0.25, -0.2) is 0 Å². The van der Waals surface area contributed by atoms with Gasteiger partial charge in [0.2, 0.25) is 0 Å². The van der Waals surface area contributed by atoms with Gasteiger partial charge < -0.3 is 4.74 Å². The van der Waals surface area contributed by atoms with Crippen molar-refractivity contribution in [1.82, 2.24) is 0 Å². The second-order valence-corrected chi connectivity index (χ2v) is 4.98. The molecule has 0 atom stereocenters. The number of hydrogen-bond acceptors (Lipinski definition) is 1. The SMILES string of the molecule is CCCCC(=C=Cc1ccccc1)c1ccccc1OC. The zero-order chi connectivity index (χ0) is 14.9. The van der Waals surface area contributed by atoms with Crippen LogP contribution >= 0.6 is 0 Å². The van der Waals surface area contributed by atoms with Crippen molar-refractivity contribution in [3.05, 3.63) is 71.5 Å². The summed E-state index contributed by atoms with van der Waals surface area (Å²) in [5.74, 6) is 0.914. The van der Waals surface area contributed by atoms with Gasteiger partial charge in [0.15, 0.2) is 0 Å². The molecule has 0 amide bonds. The number of methoxy groups -OCH3 is 1. The van der Waals surface area contributed by atoms with Gasteiger partial charge >= 0.3 is 0 Å². The highest BCUT2D eigenvalue weighted by atomic mass is 16.5. The van der Waals surface area contributed by atoms with Gasteiger partial charge in [-0.2, -0.15) is 0 Å². The maximum atomic E-state index is 5.48. The maximum absolute atomic E-state index is 5.48. The molecular weight excluding hydrogens is 256 g/mol. The Balaban J connectivity index is 2.40. The van der Waals surface area contributed by atoms with Gasteiger partial charge in [0.05, 0.1) is 7.11 Å². The van der Waals surface area contributed by atoms with Crippen LogP contribution < -0.4 is 4.74 Å². The van der Waals surface area contributed by atoms with Gasteiger partial charge in [-0.1, -0.05) is 61.9 Å². The Morgan fingerprint density at radius 2 is 1.76 bits per heavy atom. The molecule has 0 aromatic heterocycles. The van der Waals surface area contributed by atoms with E-state index in [4.69, 9.17) is 4.74 Å². The van der Waals surface area contributed by atoms with Crippen molar-refractivity contribution in [2.24, 2.45) is 0 Å². The van der Waals surface area contributed by atoms with E-state index in [1.165, 1.54) is 17.6 Å². The average molecular weight is 278 g/mol. The minimum absolute atomic E-state index is 0.914. The first kappa shape index (κ1) is 15.2. The maximum Gasteiger partial charge on any atom is 0.126 e. The van der Waals surface area contributed by atoms with Crippen molar-refractivity contribution in [2.75, 3.05) is 7.11 Å². The number of unbranched alkanes of at least 4 members (excludes halogenated alkanes) is 1. The number of ether oxygens (including phenoxy) is 1. The van der Waals surface area contributed by atoms with E-state index in [1.807, 2.05) is 36.4 Å². The van der Waals surface area contributed by atoms with Crippen LogP contribution in [0.1, 0.15) is 37.3 Å². The molecule has 2 aromatic rings. The van der Waals surface area contributed by atoms with Crippen molar-refractivity contribution in [3.63, 3.8) is 0 Å². The zero-order valence-corrected chi connectivity index (χ0v) is 12.8. The molecule has 0 unspecified atom stereocenters. The summed E-state index contributed by atoms with van der Waals surface area (Å²) in [5.41, 5.74) is 6.99. The third kappa shape index (κ3) is 4.37. The van der Waals surface area contributed by atoms with Crippen LogP contribution in [-0.4, -0.2) is 7.11 Å². The first-order chi connectivity index (χ1) is 10.3. The highest BCUT2D eigenvalue weighted by molar-refractivity contribution is 5.73. The lowest BCUT2D eigenvalue weighted by Crippen LogP contribution is -1.91. The molecule has 0 aliphatic rings. The Labute approximate surface area is 127 Å². The fourth-order valence-electron chi connectivity index (χ4n) is 2.25. The smallest absolute Gasteiger partial charge is 0.126 e. The van der Waals surface area contributed by atoms with Gasteiger partial charge in [0.25, 0.3) is 0 Å². The summed E-state index contributed by atoms with van der Waals surface area (Å²) in [6.07, 6.45) is 5.40. The highest BCUT2D eigenvalue weighted by Gasteiger charge is 2.06. The number of benzene rings is 2. The summed E-state index contributed by atoms with van der Waals surface area (Å²) in [4.78, 5) is 0. The lowest BCUT2D eigenvalue weighted by molar-refractivity contribution is 0.413. The number of para-hydroxylation sites is 1. The topological polar surface area (TPSA) is 9.23 Å². The van der Waals surface area contributed by atoms with E-state index in [0.717, 1.165) is 24.2 Å². The quantitative estimate of drug-likeness (QED) is 0.627. The van der Waals surface area contributed by atoms with Crippen LogP contribution in [0.25, 0.3) is 11.6 Å². The molecule has 1 heteroatoms.